The van der Waals surface area contributed by atoms with E-state index in [2.05, 4.69) is 30.1 Å². The fourth-order valence-electron chi connectivity index (χ4n) is 6.36. The zero-order chi connectivity index (χ0) is 18.9. The molecule has 1 unspecified atom stereocenters. The second-order valence-corrected chi connectivity index (χ2v) is 8.85. The molecule has 2 bridgehead atoms. The van der Waals surface area contributed by atoms with Crippen LogP contribution in [0.3, 0.4) is 0 Å². The van der Waals surface area contributed by atoms with Crippen molar-refractivity contribution in [1.82, 2.24) is 4.90 Å². The fraction of sp³-hybridized carbons (Fsp3) is 0.458. The lowest BCUT2D eigenvalue weighted by Crippen LogP contribution is -2.65. The van der Waals surface area contributed by atoms with Gasteiger partial charge in [-0.1, -0.05) is 36.4 Å². The van der Waals surface area contributed by atoms with Gasteiger partial charge in [-0.25, -0.2) is 0 Å². The predicted molar refractivity (Wildman–Crippen MR) is 106 cm³/mol. The zero-order valence-corrected chi connectivity index (χ0v) is 16.2. The van der Waals surface area contributed by atoms with Crippen LogP contribution in [-0.2, 0) is 23.2 Å². The van der Waals surface area contributed by atoms with Gasteiger partial charge in [0.15, 0.2) is 23.4 Å². The Hall–Kier alpha value is -2.33. The van der Waals surface area contributed by atoms with Crippen LogP contribution >= 0.6 is 0 Å². The highest BCUT2D eigenvalue weighted by atomic mass is 16.5. The second-order valence-electron chi connectivity index (χ2n) is 8.85. The number of Topliss-reactive ketones (excluding diaryl/α,β-unsaturated/α-hetero) is 1. The Balaban J connectivity index is 1.45. The minimum absolute atomic E-state index is 0.137. The Bertz CT molecular complexity index is 956. The molecule has 2 aromatic carbocycles. The van der Waals surface area contributed by atoms with Gasteiger partial charge in [0.2, 0.25) is 0 Å². The number of ether oxygens (including phenoxy) is 2. The van der Waals surface area contributed by atoms with Gasteiger partial charge in [0.1, 0.15) is 6.61 Å². The normalized spacial score (nSPS) is 32.6. The Labute approximate surface area is 165 Å². The van der Waals surface area contributed by atoms with Crippen molar-refractivity contribution in [2.45, 2.75) is 49.9 Å². The molecule has 4 aliphatic rings. The Morgan fingerprint density at radius 2 is 2.07 bits per heavy atom. The summed E-state index contributed by atoms with van der Waals surface area (Å²) in [7, 11) is 2.24. The van der Waals surface area contributed by atoms with Crippen LogP contribution in [0.15, 0.2) is 42.5 Å². The third-order valence-electron chi connectivity index (χ3n) is 7.61. The van der Waals surface area contributed by atoms with E-state index in [-0.39, 0.29) is 17.3 Å². The van der Waals surface area contributed by atoms with E-state index >= 15 is 0 Å². The number of carbonyl (C=O) groups excluding carboxylic acids is 1. The minimum atomic E-state index is -0.321. The maximum absolute atomic E-state index is 12.9. The molecule has 2 heterocycles. The minimum Gasteiger partial charge on any atom is -0.485 e. The van der Waals surface area contributed by atoms with E-state index in [9.17, 15) is 4.79 Å². The van der Waals surface area contributed by atoms with Crippen LogP contribution in [0.25, 0.3) is 0 Å². The fourth-order valence-corrected chi connectivity index (χ4v) is 6.36. The summed E-state index contributed by atoms with van der Waals surface area (Å²) in [6, 6.07) is 15.0. The van der Waals surface area contributed by atoms with Gasteiger partial charge in [-0.3, -0.25) is 4.79 Å². The first-order valence-corrected chi connectivity index (χ1v) is 10.4. The molecule has 0 amide bonds. The number of ketones is 1. The van der Waals surface area contributed by atoms with Crippen LogP contribution in [0.2, 0.25) is 0 Å². The predicted octanol–water partition coefficient (Wildman–Crippen LogP) is 3.50. The standard InChI is InChI=1S/C24H25NO3/c1-25-12-11-24-17-8-9-19(26)23(24)28-22-20(27-14-15-5-3-2-4-6-15)10-7-16(21(22)24)13-18(17)25/h2-7,10,17-18,23H,8-9,11-14H2,1H3/t17-,18+,23-,24?/m0/s1. The van der Waals surface area contributed by atoms with Crippen LogP contribution in [0.1, 0.15) is 36.0 Å². The van der Waals surface area contributed by atoms with Crippen molar-refractivity contribution >= 4 is 5.78 Å². The summed E-state index contributed by atoms with van der Waals surface area (Å²) in [5, 5.41) is 0. The SMILES string of the molecule is CN1CCC23c4c5ccc(OCc6ccccc6)c4O[C@H]2C(=O)CC[C@H]3[C@H]1C5. The number of likely N-dealkylation sites (N-methyl/N-ethyl adjacent to an activating group) is 1. The number of carbonyl (C=O) groups is 1. The number of likely N-dealkylation sites (tertiary alicyclic amines) is 1. The summed E-state index contributed by atoms with van der Waals surface area (Å²) in [6.45, 7) is 1.54. The maximum atomic E-state index is 12.9. The molecule has 4 atom stereocenters. The van der Waals surface area contributed by atoms with E-state index in [4.69, 9.17) is 9.47 Å². The molecule has 28 heavy (non-hydrogen) atoms. The van der Waals surface area contributed by atoms with Crippen molar-refractivity contribution in [1.29, 1.82) is 0 Å². The van der Waals surface area contributed by atoms with Gasteiger partial charge >= 0.3 is 0 Å². The van der Waals surface area contributed by atoms with Crippen LogP contribution in [0.5, 0.6) is 11.5 Å². The summed E-state index contributed by atoms with van der Waals surface area (Å²) >= 11 is 0. The summed E-state index contributed by atoms with van der Waals surface area (Å²) < 4.78 is 12.7. The Morgan fingerprint density at radius 1 is 1.21 bits per heavy atom. The van der Waals surface area contributed by atoms with Crippen LogP contribution in [0, 0.1) is 5.92 Å². The summed E-state index contributed by atoms with van der Waals surface area (Å²) in [5.74, 6) is 2.42. The second kappa shape index (κ2) is 5.84. The molecule has 1 spiro atoms. The molecule has 4 nitrogen and oxygen atoms in total. The summed E-state index contributed by atoms with van der Waals surface area (Å²) in [4.78, 5) is 15.4. The third kappa shape index (κ3) is 2.07. The lowest BCUT2D eigenvalue weighted by molar-refractivity contribution is -0.138. The van der Waals surface area contributed by atoms with Crippen molar-refractivity contribution in [2.24, 2.45) is 5.92 Å². The van der Waals surface area contributed by atoms with Crippen LogP contribution in [-0.4, -0.2) is 36.4 Å². The molecule has 6 rings (SSSR count). The van der Waals surface area contributed by atoms with Crippen molar-refractivity contribution in [2.75, 3.05) is 13.6 Å². The van der Waals surface area contributed by atoms with Crippen LogP contribution in [0.4, 0.5) is 0 Å². The lowest BCUT2D eigenvalue weighted by atomic mass is 9.52. The molecule has 2 fully saturated rings. The van der Waals surface area contributed by atoms with Crippen LogP contribution < -0.4 is 9.47 Å². The first-order chi connectivity index (χ1) is 13.7. The summed E-state index contributed by atoms with van der Waals surface area (Å²) in [6.07, 6.45) is 3.36. The smallest absolute Gasteiger partial charge is 0.174 e. The molecule has 0 radical (unpaired) electrons. The Morgan fingerprint density at radius 3 is 2.93 bits per heavy atom. The number of rotatable bonds is 3. The molecule has 1 saturated carbocycles. The van der Waals surface area contributed by atoms with E-state index in [0.29, 0.717) is 25.0 Å². The van der Waals surface area contributed by atoms with E-state index in [1.807, 2.05) is 24.3 Å². The third-order valence-corrected chi connectivity index (χ3v) is 7.61. The first-order valence-electron chi connectivity index (χ1n) is 10.4. The number of benzene rings is 2. The molecule has 2 aromatic rings. The van der Waals surface area contributed by atoms with Gasteiger partial charge in [0.25, 0.3) is 0 Å². The van der Waals surface area contributed by atoms with Gasteiger partial charge in [0.05, 0.1) is 0 Å². The number of nitrogens with zero attached hydrogens (tertiary/aromatic N) is 1. The molecule has 0 N–H and O–H groups in total. The molecule has 4 heteroatoms. The Kier molecular flexibility index (Phi) is 3.46. The van der Waals surface area contributed by atoms with Crippen molar-refractivity contribution in [3.63, 3.8) is 0 Å². The lowest BCUT2D eigenvalue weighted by Gasteiger charge is -2.57. The van der Waals surface area contributed by atoms with Gasteiger partial charge in [0, 0.05) is 23.4 Å². The molecule has 0 aromatic heterocycles. The number of hydrogen-bond acceptors (Lipinski definition) is 4. The topological polar surface area (TPSA) is 38.8 Å². The molecular formula is C24H25NO3. The van der Waals surface area contributed by atoms with E-state index in [1.54, 1.807) is 0 Å². The molecule has 2 aliphatic carbocycles. The summed E-state index contributed by atoms with van der Waals surface area (Å²) in [5.41, 5.74) is 3.65. The largest absolute Gasteiger partial charge is 0.485 e. The average molecular weight is 375 g/mol. The van der Waals surface area contributed by atoms with Gasteiger partial charge < -0.3 is 14.4 Å². The number of piperidine rings is 1. The first kappa shape index (κ1) is 16.6. The van der Waals surface area contributed by atoms with E-state index in [0.717, 1.165) is 42.9 Å². The van der Waals surface area contributed by atoms with E-state index < -0.39 is 0 Å². The number of hydrogen-bond donors (Lipinski definition) is 0. The van der Waals surface area contributed by atoms with Gasteiger partial charge in [-0.15, -0.1) is 0 Å². The molecule has 1 saturated heterocycles. The van der Waals surface area contributed by atoms with Gasteiger partial charge in [-0.2, -0.15) is 0 Å². The van der Waals surface area contributed by atoms with Crippen molar-refractivity contribution in [3.05, 3.63) is 59.2 Å². The highest BCUT2D eigenvalue weighted by Gasteiger charge is 2.65. The highest BCUT2D eigenvalue weighted by molar-refractivity contribution is 5.89. The van der Waals surface area contributed by atoms with Crippen molar-refractivity contribution < 1.29 is 14.3 Å². The van der Waals surface area contributed by atoms with E-state index in [1.165, 1.54) is 11.1 Å². The average Bonchev–Trinajstić information content (AvgIpc) is 3.07. The molecule has 2 aliphatic heterocycles. The molecule has 144 valence electrons. The monoisotopic (exact) mass is 375 g/mol. The van der Waals surface area contributed by atoms with Gasteiger partial charge in [-0.05, 0) is 56.0 Å². The highest BCUT2D eigenvalue weighted by Crippen LogP contribution is 2.63. The zero-order valence-electron chi connectivity index (χ0n) is 16.2. The van der Waals surface area contributed by atoms with Crippen molar-refractivity contribution in [3.8, 4) is 11.5 Å². The maximum Gasteiger partial charge on any atom is 0.174 e. The molecular weight excluding hydrogens is 350 g/mol. The quantitative estimate of drug-likeness (QED) is 0.823.